The number of rotatable bonds is 4. The molecule has 1 aliphatic rings. The number of anilines is 1. The zero-order valence-corrected chi connectivity index (χ0v) is 19.7. The van der Waals surface area contributed by atoms with Crippen LogP contribution in [0.1, 0.15) is 68.5 Å². The Morgan fingerprint density at radius 2 is 1.47 bits per heavy atom. The second-order valence-corrected chi connectivity index (χ2v) is 9.35. The van der Waals surface area contributed by atoms with Gasteiger partial charge < -0.3 is 10.1 Å². The van der Waals surface area contributed by atoms with Gasteiger partial charge in [-0.3, -0.25) is 14.4 Å². The second-order valence-electron chi connectivity index (χ2n) is 8.97. The minimum atomic E-state index is -0.869. The molecule has 1 N–H and O–H groups in total. The Morgan fingerprint density at radius 3 is 2.15 bits per heavy atom. The molecule has 0 aromatic heterocycles. The topological polar surface area (TPSA) is 89.5 Å². The van der Waals surface area contributed by atoms with E-state index >= 15 is 0 Å². The van der Waals surface area contributed by atoms with Crippen LogP contribution in [0.25, 0.3) is 0 Å². The van der Waals surface area contributed by atoms with Gasteiger partial charge in [-0.15, -0.1) is 0 Å². The lowest BCUT2D eigenvalue weighted by Gasteiger charge is -2.23. The molecular weight excluding hydrogens is 454 g/mol. The molecule has 4 rings (SSSR count). The highest BCUT2D eigenvalue weighted by Gasteiger charge is 2.33. The second kappa shape index (κ2) is 8.88. The summed E-state index contributed by atoms with van der Waals surface area (Å²) in [6, 6.07) is 16.5. The molecule has 0 unspecified atom stereocenters. The smallest absolute Gasteiger partial charge is 0.340 e. The summed E-state index contributed by atoms with van der Waals surface area (Å²) >= 11 is 6.39. The Kier molecular flexibility index (Phi) is 6.11. The van der Waals surface area contributed by atoms with Crippen molar-refractivity contribution < 1.29 is 23.9 Å². The Morgan fingerprint density at radius 1 is 0.853 bits per heavy atom. The molecule has 0 fully saturated rings. The van der Waals surface area contributed by atoms with Crippen molar-refractivity contribution in [2.75, 3.05) is 11.9 Å². The molecule has 172 valence electrons. The molecule has 0 atom stereocenters. The molecule has 1 amide bonds. The van der Waals surface area contributed by atoms with Crippen LogP contribution in [0.15, 0.2) is 60.7 Å². The number of ether oxygens (including phenoxy) is 1. The molecule has 0 saturated carbocycles. The zero-order chi connectivity index (χ0) is 24.6. The number of halogens is 1. The summed E-state index contributed by atoms with van der Waals surface area (Å²) in [4.78, 5) is 50.9. The summed E-state index contributed by atoms with van der Waals surface area (Å²) in [7, 11) is 0. The van der Waals surface area contributed by atoms with E-state index in [0.29, 0.717) is 11.3 Å². The van der Waals surface area contributed by atoms with Crippen LogP contribution in [0, 0.1) is 0 Å². The molecule has 0 spiro atoms. The molecule has 3 aromatic carbocycles. The Bertz CT molecular complexity index is 1350. The maximum atomic E-state index is 13.0. The molecule has 0 aliphatic heterocycles. The Labute approximate surface area is 201 Å². The highest BCUT2D eigenvalue weighted by molar-refractivity contribution is 6.41. The largest absolute Gasteiger partial charge is 0.452 e. The van der Waals surface area contributed by atoms with Crippen molar-refractivity contribution in [2.24, 2.45) is 0 Å². The average molecular weight is 476 g/mol. The van der Waals surface area contributed by atoms with Crippen molar-refractivity contribution in [3.8, 4) is 0 Å². The quantitative estimate of drug-likeness (QED) is 0.409. The zero-order valence-electron chi connectivity index (χ0n) is 18.9. The van der Waals surface area contributed by atoms with Crippen molar-refractivity contribution in [1.29, 1.82) is 0 Å². The van der Waals surface area contributed by atoms with Crippen molar-refractivity contribution >= 4 is 40.7 Å². The molecule has 34 heavy (non-hydrogen) atoms. The third kappa shape index (κ3) is 4.24. The first-order chi connectivity index (χ1) is 16.1. The summed E-state index contributed by atoms with van der Waals surface area (Å²) < 4.78 is 5.16. The van der Waals surface area contributed by atoms with Crippen LogP contribution in [0.3, 0.4) is 0 Å². The minimum Gasteiger partial charge on any atom is -0.452 e. The molecule has 0 saturated heterocycles. The van der Waals surface area contributed by atoms with Crippen LogP contribution in [0.4, 0.5) is 5.69 Å². The van der Waals surface area contributed by atoms with E-state index in [1.165, 1.54) is 12.1 Å². The van der Waals surface area contributed by atoms with E-state index in [9.17, 15) is 19.2 Å². The molecule has 3 aromatic rings. The van der Waals surface area contributed by atoms with Gasteiger partial charge in [0, 0.05) is 22.4 Å². The summed E-state index contributed by atoms with van der Waals surface area (Å²) in [5.41, 5.74) is 1.89. The van der Waals surface area contributed by atoms with E-state index in [-0.39, 0.29) is 38.5 Å². The van der Waals surface area contributed by atoms with E-state index in [0.717, 1.165) is 5.56 Å². The molecule has 0 radical (unpaired) electrons. The predicted octanol–water partition coefficient (Wildman–Crippen LogP) is 5.21. The predicted molar refractivity (Wildman–Crippen MR) is 129 cm³/mol. The van der Waals surface area contributed by atoms with Gasteiger partial charge >= 0.3 is 5.97 Å². The third-order valence-electron chi connectivity index (χ3n) is 5.59. The number of para-hydroxylation sites is 1. The van der Waals surface area contributed by atoms with Gasteiger partial charge in [-0.1, -0.05) is 74.8 Å². The lowest BCUT2D eigenvalue weighted by Crippen LogP contribution is -2.25. The van der Waals surface area contributed by atoms with Crippen LogP contribution >= 0.6 is 11.6 Å². The maximum absolute atomic E-state index is 13.0. The van der Waals surface area contributed by atoms with Gasteiger partial charge in [0.1, 0.15) is 0 Å². The van der Waals surface area contributed by atoms with Crippen molar-refractivity contribution in [3.05, 3.63) is 99.1 Å². The lowest BCUT2D eigenvalue weighted by atomic mass is 9.83. The minimum absolute atomic E-state index is 0.0385. The first-order valence-corrected chi connectivity index (χ1v) is 11.0. The summed E-state index contributed by atoms with van der Waals surface area (Å²) in [6.07, 6.45) is 0. The van der Waals surface area contributed by atoms with Gasteiger partial charge in [0.2, 0.25) is 0 Å². The molecule has 6 nitrogen and oxygen atoms in total. The first-order valence-electron chi connectivity index (χ1n) is 10.7. The van der Waals surface area contributed by atoms with E-state index in [1.54, 1.807) is 36.4 Å². The van der Waals surface area contributed by atoms with E-state index in [4.69, 9.17) is 16.3 Å². The van der Waals surface area contributed by atoms with Gasteiger partial charge in [-0.2, -0.15) is 0 Å². The fraction of sp³-hybridized carbons (Fsp3) is 0.185. The van der Waals surface area contributed by atoms with Gasteiger partial charge in [-0.05, 0) is 29.2 Å². The van der Waals surface area contributed by atoms with Gasteiger partial charge in [0.15, 0.2) is 18.2 Å². The average Bonchev–Trinajstić information content (AvgIpc) is 2.80. The van der Waals surface area contributed by atoms with Crippen LogP contribution < -0.4 is 5.32 Å². The van der Waals surface area contributed by atoms with Gasteiger partial charge in [0.05, 0.1) is 16.1 Å². The van der Waals surface area contributed by atoms with Gasteiger partial charge in [-0.25, -0.2) is 4.79 Å². The van der Waals surface area contributed by atoms with E-state index in [1.807, 2.05) is 32.9 Å². The highest BCUT2D eigenvalue weighted by Crippen LogP contribution is 2.34. The highest BCUT2D eigenvalue weighted by atomic mass is 35.5. The SMILES string of the molecule is CC(C)(C)c1ccccc1NC(=O)COC(=O)c1ccc2c(c1Cl)C(=O)c1ccccc1C2=O. The number of nitrogens with one attached hydrogen (secondary N) is 1. The number of amides is 1. The van der Waals surface area contributed by atoms with E-state index in [2.05, 4.69) is 5.32 Å². The number of esters is 1. The summed E-state index contributed by atoms with van der Waals surface area (Å²) in [5, 5.41) is 2.59. The number of carbonyl (C=O) groups is 4. The monoisotopic (exact) mass is 475 g/mol. The molecule has 0 heterocycles. The Hall–Kier alpha value is -3.77. The van der Waals surface area contributed by atoms with E-state index < -0.39 is 24.3 Å². The molecule has 0 bridgehead atoms. The normalized spacial score (nSPS) is 12.6. The lowest BCUT2D eigenvalue weighted by molar-refractivity contribution is -0.119. The molecular formula is C27H22ClNO5. The van der Waals surface area contributed by atoms with Crippen LogP contribution in [-0.2, 0) is 14.9 Å². The number of hydrogen-bond acceptors (Lipinski definition) is 5. The number of hydrogen-bond donors (Lipinski definition) is 1. The summed E-state index contributed by atoms with van der Waals surface area (Å²) in [5.74, 6) is -2.17. The van der Waals surface area contributed by atoms with Crippen LogP contribution in [-0.4, -0.2) is 30.0 Å². The number of fused-ring (bicyclic) bond motifs is 2. The standard InChI is InChI=1S/C27H22ClNO5/c1-27(2,3)19-10-6-7-11-20(19)29-21(30)14-34-26(33)18-13-12-17-22(23(18)28)25(32)16-9-5-4-8-15(16)24(17)31/h4-13H,14H2,1-3H3,(H,29,30). The fourth-order valence-electron chi connectivity index (χ4n) is 3.95. The first kappa shape index (κ1) is 23.4. The van der Waals surface area contributed by atoms with Crippen molar-refractivity contribution in [1.82, 2.24) is 0 Å². The number of ketones is 2. The number of benzene rings is 3. The van der Waals surface area contributed by atoms with Crippen molar-refractivity contribution in [3.63, 3.8) is 0 Å². The van der Waals surface area contributed by atoms with Crippen molar-refractivity contribution in [2.45, 2.75) is 26.2 Å². The number of carbonyl (C=O) groups excluding carboxylic acids is 4. The molecule has 7 heteroatoms. The maximum Gasteiger partial charge on any atom is 0.340 e. The third-order valence-corrected chi connectivity index (χ3v) is 5.99. The Balaban J connectivity index is 1.52. The van der Waals surface area contributed by atoms with Crippen LogP contribution in [0.5, 0.6) is 0 Å². The molecule has 1 aliphatic carbocycles. The fourth-order valence-corrected chi connectivity index (χ4v) is 4.27. The van der Waals surface area contributed by atoms with Crippen LogP contribution in [0.2, 0.25) is 5.02 Å². The van der Waals surface area contributed by atoms with Gasteiger partial charge in [0.25, 0.3) is 5.91 Å². The summed E-state index contributed by atoms with van der Waals surface area (Å²) in [6.45, 7) is 5.54.